The van der Waals surface area contributed by atoms with Crippen molar-refractivity contribution in [3.8, 4) is 0 Å². The highest BCUT2D eigenvalue weighted by Crippen LogP contribution is 1.97. The summed E-state index contributed by atoms with van der Waals surface area (Å²) in [6, 6.07) is 2.56. The predicted octanol–water partition coefficient (Wildman–Crippen LogP) is 0.771. The van der Waals surface area contributed by atoms with Crippen LogP contribution in [-0.4, -0.2) is 5.91 Å². The topological polar surface area (TPSA) is 92.8 Å². The van der Waals surface area contributed by atoms with Crippen molar-refractivity contribution in [3.05, 3.63) is 45.7 Å². The Labute approximate surface area is 67.3 Å². The summed E-state index contributed by atoms with van der Waals surface area (Å²) in [5.74, 6) is -0.696. The lowest BCUT2D eigenvalue weighted by Crippen LogP contribution is -2.24. The minimum Gasteiger partial charge on any atom is -0.619 e. The van der Waals surface area contributed by atoms with Gasteiger partial charge < -0.3 is 5.21 Å². The summed E-state index contributed by atoms with van der Waals surface area (Å²) < 4.78 is 0.535. The van der Waals surface area contributed by atoms with Crippen molar-refractivity contribution in [1.82, 2.24) is 0 Å². The number of hydrogen-bond donors (Lipinski definition) is 0. The lowest BCUT2D eigenvalue weighted by Gasteiger charge is -1.94. The fourth-order valence-corrected chi connectivity index (χ4v) is 0.654. The van der Waals surface area contributed by atoms with Crippen LogP contribution < -0.4 is 4.73 Å². The van der Waals surface area contributed by atoms with Gasteiger partial charge in [0.1, 0.15) is 0 Å². The average molecular weight is 164 g/mol. The number of amides is 1. The van der Waals surface area contributed by atoms with E-state index in [4.69, 9.17) is 5.53 Å². The number of nitrogens with zero attached hydrogens (tertiary/aromatic N) is 4. The summed E-state index contributed by atoms with van der Waals surface area (Å²) in [6.45, 7) is 0. The van der Waals surface area contributed by atoms with Crippen LogP contribution in [-0.2, 0) is 0 Å². The standard InChI is InChI=1S/C6H4N4O2/c7-9-8-6(11)5-1-3-10(12)4-2-5/h1-4H. The molecule has 1 aromatic heterocycles. The van der Waals surface area contributed by atoms with E-state index < -0.39 is 5.91 Å². The molecule has 0 atom stereocenters. The first kappa shape index (κ1) is 8.03. The van der Waals surface area contributed by atoms with Gasteiger partial charge in [-0.1, -0.05) is 0 Å². The molecule has 12 heavy (non-hydrogen) atoms. The Bertz CT molecular complexity index is 339. The van der Waals surface area contributed by atoms with Crippen molar-refractivity contribution < 1.29 is 9.52 Å². The highest BCUT2D eigenvalue weighted by atomic mass is 16.5. The van der Waals surface area contributed by atoms with Gasteiger partial charge in [-0.2, -0.15) is 4.73 Å². The largest absolute Gasteiger partial charge is 0.619 e. The van der Waals surface area contributed by atoms with Crippen LogP contribution >= 0.6 is 0 Å². The minimum absolute atomic E-state index is 0.194. The van der Waals surface area contributed by atoms with E-state index in [0.29, 0.717) is 4.73 Å². The van der Waals surface area contributed by atoms with E-state index in [1.165, 1.54) is 12.1 Å². The van der Waals surface area contributed by atoms with Gasteiger partial charge in [0.25, 0.3) is 0 Å². The van der Waals surface area contributed by atoms with Gasteiger partial charge in [-0.3, -0.25) is 4.79 Å². The van der Waals surface area contributed by atoms with Crippen molar-refractivity contribution in [3.63, 3.8) is 0 Å². The molecule has 0 aliphatic carbocycles. The van der Waals surface area contributed by atoms with Gasteiger partial charge in [0.2, 0.25) is 5.91 Å². The van der Waals surface area contributed by atoms with Crippen LogP contribution in [0.2, 0.25) is 0 Å². The number of aromatic nitrogens is 1. The first-order valence-electron chi connectivity index (χ1n) is 3.02. The molecule has 0 N–H and O–H groups in total. The Balaban J connectivity index is 2.97. The molecule has 0 unspecified atom stereocenters. The maximum atomic E-state index is 10.8. The Kier molecular flexibility index (Phi) is 2.25. The van der Waals surface area contributed by atoms with E-state index in [-0.39, 0.29) is 5.56 Å². The Hall–Kier alpha value is -2.07. The number of azide groups is 1. The van der Waals surface area contributed by atoms with Gasteiger partial charge in [-0.25, -0.2) is 0 Å². The van der Waals surface area contributed by atoms with E-state index in [1.807, 2.05) is 0 Å². The molecular formula is C6H4N4O2. The zero-order valence-corrected chi connectivity index (χ0v) is 5.91. The van der Waals surface area contributed by atoms with Crippen LogP contribution in [0.5, 0.6) is 0 Å². The third-order valence-corrected chi connectivity index (χ3v) is 1.18. The number of hydrogen-bond acceptors (Lipinski definition) is 2. The van der Waals surface area contributed by atoms with Crippen molar-refractivity contribution in [1.29, 1.82) is 0 Å². The van der Waals surface area contributed by atoms with Crippen LogP contribution in [0.3, 0.4) is 0 Å². The smallest absolute Gasteiger partial charge is 0.249 e. The molecule has 0 aliphatic rings. The quantitative estimate of drug-likeness (QED) is 0.201. The zero-order valence-electron chi connectivity index (χ0n) is 5.91. The molecule has 0 saturated heterocycles. The van der Waals surface area contributed by atoms with Crippen molar-refractivity contribution in [2.75, 3.05) is 0 Å². The molecule has 6 heteroatoms. The number of carbonyl (C=O) groups is 1. The second-order valence-corrected chi connectivity index (χ2v) is 1.94. The summed E-state index contributed by atoms with van der Waals surface area (Å²) in [7, 11) is 0. The average Bonchev–Trinajstić information content (AvgIpc) is 2.06. The highest BCUT2D eigenvalue weighted by molar-refractivity contribution is 5.94. The molecule has 1 rings (SSSR count). The zero-order chi connectivity index (χ0) is 8.97. The van der Waals surface area contributed by atoms with Crippen molar-refractivity contribution in [2.24, 2.45) is 5.11 Å². The van der Waals surface area contributed by atoms with E-state index in [2.05, 4.69) is 10.0 Å². The molecule has 0 aromatic carbocycles. The van der Waals surface area contributed by atoms with E-state index in [9.17, 15) is 10.0 Å². The molecule has 1 amide bonds. The Morgan fingerprint density at radius 2 is 2.17 bits per heavy atom. The predicted molar refractivity (Wildman–Crippen MR) is 38.9 cm³/mol. The molecule has 0 bridgehead atoms. The van der Waals surface area contributed by atoms with Crippen LogP contribution in [0.4, 0.5) is 0 Å². The second kappa shape index (κ2) is 3.36. The van der Waals surface area contributed by atoms with E-state index >= 15 is 0 Å². The van der Waals surface area contributed by atoms with Crippen molar-refractivity contribution in [2.45, 2.75) is 0 Å². The van der Waals surface area contributed by atoms with Gasteiger partial charge in [-0.15, -0.1) is 0 Å². The molecule has 6 nitrogen and oxygen atoms in total. The number of rotatable bonds is 1. The third kappa shape index (κ3) is 1.71. The highest BCUT2D eigenvalue weighted by Gasteiger charge is 2.02. The van der Waals surface area contributed by atoms with Gasteiger partial charge in [0, 0.05) is 22.6 Å². The normalized spacial score (nSPS) is 8.67. The maximum Gasteiger partial charge on any atom is 0.249 e. The van der Waals surface area contributed by atoms with Crippen LogP contribution in [0, 0.1) is 5.21 Å². The third-order valence-electron chi connectivity index (χ3n) is 1.18. The molecule has 0 saturated carbocycles. The summed E-state index contributed by atoms with van der Waals surface area (Å²) in [4.78, 5) is 13.1. The fourth-order valence-electron chi connectivity index (χ4n) is 0.654. The first-order valence-corrected chi connectivity index (χ1v) is 3.02. The lowest BCUT2D eigenvalue weighted by atomic mass is 10.3. The van der Waals surface area contributed by atoms with Crippen molar-refractivity contribution >= 4 is 5.91 Å². The molecule has 0 spiro atoms. The van der Waals surface area contributed by atoms with Crippen LogP contribution in [0.15, 0.2) is 29.6 Å². The lowest BCUT2D eigenvalue weighted by molar-refractivity contribution is -0.605. The molecular weight excluding hydrogens is 160 g/mol. The number of carbonyl (C=O) groups excluding carboxylic acids is 1. The molecule has 1 aromatic rings. The Morgan fingerprint density at radius 3 is 2.67 bits per heavy atom. The monoisotopic (exact) mass is 164 g/mol. The Morgan fingerprint density at radius 1 is 1.58 bits per heavy atom. The molecule has 0 aliphatic heterocycles. The molecule has 60 valence electrons. The first-order chi connectivity index (χ1) is 5.74. The maximum absolute atomic E-state index is 10.8. The second-order valence-electron chi connectivity index (χ2n) is 1.94. The molecule has 0 fully saturated rings. The van der Waals surface area contributed by atoms with E-state index in [0.717, 1.165) is 12.4 Å². The summed E-state index contributed by atoms with van der Waals surface area (Å²) >= 11 is 0. The van der Waals surface area contributed by atoms with Crippen LogP contribution in [0.1, 0.15) is 10.4 Å². The fraction of sp³-hybridized carbons (Fsp3) is 0. The van der Waals surface area contributed by atoms with E-state index in [1.54, 1.807) is 0 Å². The summed E-state index contributed by atoms with van der Waals surface area (Å²) in [5.41, 5.74) is 8.12. The van der Waals surface area contributed by atoms with Crippen LogP contribution in [0.25, 0.3) is 10.4 Å². The molecule has 0 radical (unpaired) electrons. The number of pyridine rings is 1. The SMILES string of the molecule is [N-]=[N+]=NC(=O)c1cc[n+]([O-])cc1. The summed E-state index contributed by atoms with van der Waals surface area (Å²) in [5, 5.41) is 13.4. The minimum atomic E-state index is -0.696. The molecule has 1 heterocycles. The van der Waals surface area contributed by atoms with Gasteiger partial charge in [0.15, 0.2) is 12.4 Å². The van der Waals surface area contributed by atoms with Gasteiger partial charge >= 0.3 is 0 Å². The van der Waals surface area contributed by atoms with Gasteiger partial charge in [0.05, 0.1) is 0 Å². The van der Waals surface area contributed by atoms with Gasteiger partial charge in [-0.05, 0) is 10.6 Å². The summed E-state index contributed by atoms with van der Waals surface area (Å²) in [6.07, 6.45) is 2.31.